The van der Waals surface area contributed by atoms with Gasteiger partial charge in [-0.05, 0) is 56.7 Å². The monoisotopic (exact) mass is 473 g/mol. The number of nitrogens with zero attached hydrogens (tertiary/aromatic N) is 3. The van der Waals surface area contributed by atoms with Crippen LogP contribution in [0.25, 0.3) is 0 Å². The van der Waals surface area contributed by atoms with Gasteiger partial charge in [0.15, 0.2) is 5.78 Å². The number of carbonyl (C=O) groups excluding carboxylic acids is 3. The van der Waals surface area contributed by atoms with Crippen LogP contribution in [0.4, 0.5) is 17.1 Å². The minimum absolute atomic E-state index is 0.0179. The average molecular weight is 474 g/mol. The summed E-state index contributed by atoms with van der Waals surface area (Å²) in [4.78, 5) is 41.3. The number of Topliss-reactive ketones (excluding diaryl/α,β-unsaturated/α-hetero) is 1. The highest BCUT2D eigenvalue weighted by Gasteiger charge is 2.31. The highest BCUT2D eigenvalue weighted by atomic mass is 16.2. The molecule has 1 heterocycles. The topological polar surface area (TPSA) is 106 Å². The molecule has 8 nitrogen and oxygen atoms in total. The maximum absolute atomic E-state index is 12.9. The number of allylic oxidation sites excluding steroid dienone is 1. The average Bonchev–Trinajstić information content (AvgIpc) is 3.09. The van der Waals surface area contributed by atoms with E-state index < -0.39 is 5.78 Å². The van der Waals surface area contributed by atoms with Crippen molar-refractivity contribution in [3.05, 3.63) is 65.5 Å². The van der Waals surface area contributed by atoms with Gasteiger partial charge in [0.1, 0.15) is 17.5 Å². The molecule has 3 rings (SSSR count). The van der Waals surface area contributed by atoms with Crippen LogP contribution >= 0.6 is 0 Å². The van der Waals surface area contributed by atoms with Gasteiger partial charge in [-0.2, -0.15) is 5.26 Å². The van der Waals surface area contributed by atoms with Gasteiger partial charge in [0.25, 0.3) is 5.91 Å². The van der Waals surface area contributed by atoms with E-state index in [4.69, 9.17) is 0 Å². The van der Waals surface area contributed by atoms with Crippen molar-refractivity contribution in [2.75, 3.05) is 29.2 Å². The van der Waals surface area contributed by atoms with Gasteiger partial charge in [-0.25, -0.2) is 0 Å². The fourth-order valence-electron chi connectivity index (χ4n) is 3.81. The van der Waals surface area contributed by atoms with E-state index in [1.807, 2.05) is 75.0 Å². The second-order valence-electron chi connectivity index (χ2n) is 9.16. The molecule has 0 saturated heterocycles. The molecule has 0 unspecified atom stereocenters. The molecule has 0 spiro atoms. The van der Waals surface area contributed by atoms with Gasteiger partial charge in [0.05, 0.1) is 11.4 Å². The van der Waals surface area contributed by atoms with Crippen molar-refractivity contribution in [1.29, 1.82) is 5.26 Å². The first-order chi connectivity index (χ1) is 16.6. The molecule has 2 aromatic carbocycles. The first kappa shape index (κ1) is 25.5. The number of carbonyl (C=O) groups is 3. The maximum Gasteiger partial charge on any atom is 0.251 e. The summed E-state index contributed by atoms with van der Waals surface area (Å²) >= 11 is 0. The standard InChI is InChI=1S/C27H31N5O3/c1-6-27(2,3)30-25(35)18-11-13-19(14-12-18)29-24(34)16-15-23(33)20(17-28)26-31(4)21-9-7-8-10-22(21)32(26)5/h7-14H,6,15-16H2,1-5H3,(H,29,34)(H,30,35). The normalized spacial score (nSPS) is 12.6. The van der Waals surface area contributed by atoms with Crippen LogP contribution in [0.5, 0.6) is 0 Å². The largest absolute Gasteiger partial charge is 0.347 e. The number of amides is 2. The summed E-state index contributed by atoms with van der Waals surface area (Å²) in [6.07, 6.45) is 0.642. The number of nitriles is 1. The molecule has 2 amide bonds. The van der Waals surface area contributed by atoms with Crippen molar-refractivity contribution < 1.29 is 14.4 Å². The summed E-state index contributed by atoms with van der Waals surface area (Å²) in [6, 6.07) is 16.2. The van der Waals surface area contributed by atoms with E-state index in [1.54, 1.807) is 24.3 Å². The number of hydrogen-bond donors (Lipinski definition) is 2. The minimum Gasteiger partial charge on any atom is -0.347 e. The predicted molar refractivity (Wildman–Crippen MR) is 137 cm³/mol. The van der Waals surface area contributed by atoms with Crippen molar-refractivity contribution in [2.24, 2.45) is 0 Å². The Labute approximate surface area is 206 Å². The Morgan fingerprint density at radius 2 is 1.51 bits per heavy atom. The maximum atomic E-state index is 12.9. The van der Waals surface area contributed by atoms with E-state index in [1.165, 1.54) is 0 Å². The van der Waals surface area contributed by atoms with Crippen molar-refractivity contribution in [2.45, 2.75) is 45.6 Å². The molecule has 0 bridgehead atoms. The van der Waals surface area contributed by atoms with Crippen LogP contribution in [-0.2, 0) is 9.59 Å². The molecule has 0 saturated carbocycles. The van der Waals surface area contributed by atoms with Gasteiger partial charge in [0, 0.05) is 43.7 Å². The molecule has 8 heteroatoms. The van der Waals surface area contributed by atoms with Gasteiger partial charge in [-0.3, -0.25) is 14.4 Å². The first-order valence-corrected chi connectivity index (χ1v) is 11.5. The Hall–Kier alpha value is -4.12. The molecule has 35 heavy (non-hydrogen) atoms. The second-order valence-corrected chi connectivity index (χ2v) is 9.16. The Bertz CT molecular complexity index is 1180. The fraction of sp³-hybridized carbons (Fsp3) is 0.333. The third-order valence-corrected chi connectivity index (χ3v) is 6.20. The summed E-state index contributed by atoms with van der Waals surface area (Å²) in [5.74, 6) is -0.420. The molecule has 182 valence electrons. The second kappa shape index (κ2) is 10.4. The van der Waals surface area contributed by atoms with Crippen LogP contribution in [0.1, 0.15) is 50.4 Å². The molecule has 0 atom stereocenters. The van der Waals surface area contributed by atoms with E-state index >= 15 is 0 Å². The molecule has 1 aliphatic heterocycles. The van der Waals surface area contributed by atoms with Crippen LogP contribution < -0.4 is 20.4 Å². The Balaban J connectivity index is 1.61. The number of ketones is 1. The minimum atomic E-state index is -0.394. The highest BCUT2D eigenvalue weighted by molar-refractivity contribution is 6.04. The van der Waals surface area contributed by atoms with Crippen LogP contribution in [0.2, 0.25) is 0 Å². The number of benzene rings is 2. The molecular weight excluding hydrogens is 442 g/mol. The van der Waals surface area contributed by atoms with Gasteiger partial charge >= 0.3 is 0 Å². The molecular formula is C27H31N5O3. The number of anilines is 3. The van der Waals surface area contributed by atoms with Crippen LogP contribution in [-0.4, -0.2) is 37.2 Å². The highest BCUT2D eigenvalue weighted by Crippen LogP contribution is 2.40. The van der Waals surface area contributed by atoms with E-state index in [0.29, 0.717) is 17.1 Å². The molecule has 2 aromatic rings. The van der Waals surface area contributed by atoms with E-state index in [-0.39, 0.29) is 35.8 Å². The molecule has 0 aromatic heterocycles. The fourth-order valence-corrected chi connectivity index (χ4v) is 3.81. The lowest BCUT2D eigenvalue weighted by Crippen LogP contribution is -2.42. The lowest BCUT2D eigenvalue weighted by Gasteiger charge is -2.24. The number of fused-ring (bicyclic) bond motifs is 1. The lowest BCUT2D eigenvalue weighted by molar-refractivity contribution is -0.120. The van der Waals surface area contributed by atoms with Gasteiger partial charge in [-0.15, -0.1) is 0 Å². The van der Waals surface area contributed by atoms with E-state index in [9.17, 15) is 19.6 Å². The van der Waals surface area contributed by atoms with Crippen molar-refractivity contribution in [3.63, 3.8) is 0 Å². The van der Waals surface area contributed by atoms with Crippen LogP contribution in [0, 0.1) is 11.3 Å². The summed E-state index contributed by atoms with van der Waals surface area (Å²) in [7, 11) is 3.62. The Kier molecular flexibility index (Phi) is 7.60. The first-order valence-electron chi connectivity index (χ1n) is 11.5. The Morgan fingerprint density at radius 1 is 0.943 bits per heavy atom. The molecule has 0 fully saturated rings. The molecule has 0 aliphatic carbocycles. The summed E-state index contributed by atoms with van der Waals surface area (Å²) in [5.41, 5.74) is 2.54. The zero-order valence-electron chi connectivity index (χ0n) is 20.8. The third kappa shape index (κ3) is 5.69. The van der Waals surface area contributed by atoms with Crippen molar-refractivity contribution >= 4 is 34.7 Å². The summed E-state index contributed by atoms with van der Waals surface area (Å²) in [6.45, 7) is 5.91. The zero-order valence-corrected chi connectivity index (χ0v) is 20.8. The van der Waals surface area contributed by atoms with Gasteiger partial charge in [-0.1, -0.05) is 19.1 Å². The van der Waals surface area contributed by atoms with Crippen LogP contribution in [0.15, 0.2) is 59.9 Å². The Morgan fingerprint density at radius 3 is 2.03 bits per heavy atom. The van der Waals surface area contributed by atoms with E-state index in [0.717, 1.165) is 17.8 Å². The third-order valence-electron chi connectivity index (χ3n) is 6.20. The quantitative estimate of drug-likeness (QED) is 0.439. The molecule has 2 N–H and O–H groups in total. The van der Waals surface area contributed by atoms with E-state index in [2.05, 4.69) is 10.6 Å². The van der Waals surface area contributed by atoms with Crippen molar-refractivity contribution in [1.82, 2.24) is 5.32 Å². The van der Waals surface area contributed by atoms with Crippen molar-refractivity contribution in [3.8, 4) is 6.07 Å². The van der Waals surface area contributed by atoms with Crippen LogP contribution in [0.3, 0.4) is 0 Å². The number of rotatable bonds is 8. The molecule has 0 radical (unpaired) electrons. The summed E-state index contributed by atoms with van der Waals surface area (Å²) < 4.78 is 0. The van der Waals surface area contributed by atoms with Gasteiger partial charge in [0.2, 0.25) is 5.91 Å². The number of nitrogens with one attached hydrogen (secondary N) is 2. The van der Waals surface area contributed by atoms with Gasteiger partial charge < -0.3 is 20.4 Å². The number of para-hydroxylation sites is 2. The number of hydrogen-bond acceptors (Lipinski definition) is 6. The molecule has 1 aliphatic rings. The smallest absolute Gasteiger partial charge is 0.251 e. The predicted octanol–water partition coefficient (Wildman–Crippen LogP) is 4.21. The zero-order chi connectivity index (χ0) is 25.8. The SMILES string of the molecule is CCC(C)(C)NC(=O)c1ccc(NC(=O)CCC(=O)C(C#N)=C2N(C)c3ccccc3N2C)cc1. The lowest BCUT2D eigenvalue weighted by atomic mass is 10.0. The summed E-state index contributed by atoms with van der Waals surface area (Å²) in [5, 5.41) is 15.4.